The van der Waals surface area contributed by atoms with Gasteiger partial charge in [0.2, 0.25) is 5.89 Å². The van der Waals surface area contributed by atoms with Crippen LogP contribution in [0.4, 0.5) is 0 Å². The maximum Gasteiger partial charge on any atom is 0.250 e. The molecule has 3 rings (SSSR count). The van der Waals surface area contributed by atoms with E-state index >= 15 is 0 Å². The number of aryl methyl sites for hydroxylation is 2. The van der Waals surface area contributed by atoms with Crippen LogP contribution in [0, 0.1) is 13.8 Å². The summed E-state index contributed by atoms with van der Waals surface area (Å²) < 4.78 is 11.1. The van der Waals surface area contributed by atoms with Crippen LogP contribution in [-0.4, -0.2) is 41.6 Å². The van der Waals surface area contributed by atoms with Gasteiger partial charge >= 0.3 is 0 Å². The van der Waals surface area contributed by atoms with Crippen molar-refractivity contribution in [3.8, 4) is 0 Å². The molecular formula is C18H23N3O3. The highest BCUT2D eigenvalue weighted by Crippen LogP contribution is 2.11. The van der Waals surface area contributed by atoms with Crippen molar-refractivity contribution < 1.29 is 13.9 Å². The maximum absolute atomic E-state index is 12.3. The SMILES string of the molecule is Cc1nc(CNC(=O)C2CN(Cc3ccccc3)CCO2)oc1C. The molecule has 24 heavy (non-hydrogen) atoms. The lowest BCUT2D eigenvalue weighted by atomic mass is 10.2. The van der Waals surface area contributed by atoms with Crippen LogP contribution >= 0.6 is 0 Å². The average molecular weight is 329 g/mol. The maximum atomic E-state index is 12.3. The molecule has 1 unspecified atom stereocenters. The zero-order chi connectivity index (χ0) is 16.9. The minimum absolute atomic E-state index is 0.124. The van der Waals surface area contributed by atoms with Gasteiger partial charge in [0.05, 0.1) is 18.8 Å². The number of carbonyl (C=O) groups excluding carboxylic acids is 1. The molecule has 2 aromatic rings. The minimum atomic E-state index is -0.459. The number of carbonyl (C=O) groups is 1. The summed E-state index contributed by atoms with van der Waals surface area (Å²) in [4.78, 5) is 18.8. The van der Waals surface area contributed by atoms with Gasteiger partial charge in [0.15, 0.2) is 0 Å². The van der Waals surface area contributed by atoms with Gasteiger partial charge in [-0.3, -0.25) is 9.69 Å². The van der Waals surface area contributed by atoms with Gasteiger partial charge in [0, 0.05) is 19.6 Å². The molecule has 6 heteroatoms. The Morgan fingerprint density at radius 3 is 2.83 bits per heavy atom. The number of ether oxygens (including phenoxy) is 1. The molecule has 6 nitrogen and oxygen atoms in total. The zero-order valence-corrected chi connectivity index (χ0v) is 14.1. The molecule has 2 heterocycles. The first-order valence-corrected chi connectivity index (χ1v) is 8.20. The molecule has 1 atom stereocenters. The van der Waals surface area contributed by atoms with Gasteiger partial charge in [-0.15, -0.1) is 0 Å². The van der Waals surface area contributed by atoms with Crippen LogP contribution in [0.2, 0.25) is 0 Å². The summed E-state index contributed by atoms with van der Waals surface area (Å²) in [7, 11) is 0. The van der Waals surface area contributed by atoms with Crippen LogP contribution in [0.1, 0.15) is 22.9 Å². The average Bonchev–Trinajstić information content (AvgIpc) is 2.92. The lowest BCUT2D eigenvalue weighted by molar-refractivity contribution is -0.139. The molecule has 1 saturated heterocycles. The Hall–Kier alpha value is -2.18. The number of nitrogens with one attached hydrogen (secondary N) is 1. The van der Waals surface area contributed by atoms with Crippen molar-refractivity contribution >= 4 is 5.91 Å². The van der Waals surface area contributed by atoms with Crippen molar-refractivity contribution in [2.24, 2.45) is 0 Å². The first-order chi connectivity index (χ1) is 11.6. The normalized spacial score (nSPS) is 18.5. The number of benzene rings is 1. The fraction of sp³-hybridized carbons (Fsp3) is 0.444. The Balaban J connectivity index is 1.51. The second-order valence-corrected chi connectivity index (χ2v) is 6.05. The third kappa shape index (κ3) is 4.21. The summed E-state index contributed by atoms with van der Waals surface area (Å²) in [5.41, 5.74) is 2.09. The third-order valence-electron chi connectivity index (χ3n) is 4.18. The van der Waals surface area contributed by atoms with Crippen LogP contribution in [0.15, 0.2) is 34.7 Å². The Morgan fingerprint density at radius 2 is 2.12 bits per heavy atom. The summed E-state index contributed by atoms with van der Waals surface area (Å²) in [6.45, 7) is 6.83. The molecule has 1 amide bonds. The van der Waals surface area contributed by atoms with Crippen molar-refractivity contribution in [1.82, 2.24) is 15.2 Å². The van der Waals surface area contributed by atoms with E-state index in [1.54, 1.807) is 0 Å². The van der Waals surface area contributed by atoms with Crippen molar-refractivity contribution in [1.29, 1.82) is 0 Å². The molecule has 1 aromatic heterocycles. The fourth-order valence-electron chi connectivity index (χ4n) is 2.74. The molecule has 0 spiro atoms. The van der Waals surface area contributed by atoms with E-state index in [9.17, 15) is 4.79 Å². The molecule has 128 valence electrons. The van der Waals surface area contributed by atoms with Crippen molar-refractivity contribution in [2.75, 3.05) is 19.7 Å². The van der Waals surface area contributed by atoms with Crippen molar-refractivity contribution in [3.05, 3.63) is 53.2 Å². The van der Waals surface area contributed by atoms with E-state index in [4.69, 9.17) is 9.15 Å². The highest BCUT2D eigenvalue weighted by molar-refractivity contribution is 5.81. The second-order valence-electron chi connectivity index (χ2n) is 6.05. The topological polar surface area (TPSA) is 67.6 Å². The highest BCUT2D eigenvalue weighted by Gasteiger charge is 2.26. The van der Waals surface area contributed by atoms with Gasteiger partial charge in [-0.25, -0.2) is 4.98 Å². The van der Waals surface area contributed by atoms with E-state index in [-0.39, 0.29) is 12.5 Å². The number of aromatic nitrogens is 1. The van der Waals surface area contributed by atoms with Crippen LogP contribution < -0.4 is 5.32 Å². The van der Waals surface area contributed by atoms with Gasteiger partial charge < -0.3 is 14.5 Å². The lowest BCUT2D eigenvalue weighted by Gasteiger charge is -2.32. The Bertz CT molecular complexity index is 665. The smallest absolute Gasteiger partial charge is 0.250 e. The number of amides is 1. The predicted molar refractivity (Wildman–Crippen MR) is 89.3 cm³/mol. The van der Waals surface area contributed by atoms with E-state index in [0.29, 0.717) is 19.0 Å². The zero-order valence-electron chi connectivity index (χ0n) is 14.1. The molecule has 0 saturated carbocycles. The number of morpholine rings is 1. The van der Waals surface area contributed by atoms with E-state index in [1.165, 1.54) is 5.56 Å². The van der Waals surface area contributed by atoms with Crippen LogP contribution in [0.25, 0.3) is 0 Å². The van der Waals surface area contributed by atoms with Crippen LogP contribution in [0.3, 0.4) is 0 Å². The number of hydrogen-bond donors (Lipinski definition) is 1. The molecular weight excluding hydrogens is 306 g/mol. The number of hydrogen-bond acceptors (Lipinski definition) is 5. The first kappa shape index (κ1) is 16.7. The van der Waals surface area contributed by atoms with Gasteiger partial charge in [-0.05, 0) is 19.4 Å². The highest BCUT2D eigenvalue weighted by atomic mass is 16.5. The first-order valence-electron chi connectivity index (χ1n) is 8.20. The summed E-state index contributed by atoms with van der Waals surface area (Å²) in [5, 5.41) is 2.85. The van der Waals surface area contributed by atoms with E-state index in [1.807, 2.05) is 32.0 Å². The summed E-state index contributed by atoms with van der Waals surface area (Å²) in [6, 6.07) is 10.3. The van der Waals surface area contributed by atoms with Crippen LogP contribution in [0.5, 0.6) is 0 Å². The minimum Gasteiger partial charge on any atom is -0.444 e. The number of oxazole rings is 1. The van der Waals surface area contributed by atoms with Gasteiger partial charge in [0.25, 0.3) is 5.91 Å². The van der Waals surface area contributed by atoms with E-state index in [0.717, 1.165) is 24.5 Å². The number of nitrogens with zero attached hydrogens (tertiary/aromatic N) is 2. The molecule has 1 aliphatic rings. The van der Waals surface area contributed by atoms with E-state index < -0.39 is 6.10 Å². The van der Waals surface area contributed by atoms with Gasteiger partial charge in [0.1, 0.15) is 11.9 Å². The molecule has 0 bridgehead atoms. The molecule has 1 aliphatic heterocycles. The largest absolute Gasteiger partial charge is 0.444 e. The molecule has 1 fully saturated rings. The summed E-state index contributed by atoms with van der Waals surface area (Å²) >= 11 is 0. The third-order valence-corrected chi connectivity index (χ3v) is 4.18. The Labute approximate surface area is 141 Å². The quantitative estimate of drug-likeness (QED) is 0.906. The molecule has 1 aromatic carbocycles. The standard InChI is InChI=1S/C18H23N3O3/c1-13-14(2)24-17(20-13)10-19-18(22)16-12-21(8-9-23-16)11-15-6-4-3-5-7-15/h3-7,16H,8-12H2,1-2H3,(H,19,22). The molecule has 1 N–H and O–H groups in total. The monoisotopic (exact) mass is 329 g/mol. The molecule has 0 aliphatic carbocycles. The molecule has 0 radical (unpaired) electrons. The second kappa shape index (κ2) is 7.59. The summed E-state index contributed by atoms with van der Waals surface area (Å²) in [5.74, 6) is 1.18. The summed E-state index contributed by atoms with van der Waals surface area (Å²) in [6.07, 6.45) is -0.459. The van der Waals surface area contributed by atoms with Gasteiger partial charge in [-0.1, -0.05) is 30.3 Å². The predicted octanol–water partition coefficient (Wildman–Crippen LogP) is 1.81. The Morgan fingerprint density at radius 1 is 1.33 bits per heavy atom. The fourth-order valence-corrected chi connectivity index (χ4v) is 2.74. The lowest BCUT2D eigenvalue weighted by Crippen LogP contribution is -2.49. The van der Waals surface area contributed by atoms with E-state index in [2.05, 4.69) is 27.3 Å². The van der Waals surface area contributed by atoms with Gasteiger partial charge in [-0.2, -0.15) is 0 Å². The van der Waals surface area contributed by atoms with Crippen molar-refractivity contribution in [2.45, 2.75) is 33.0 Å². The number of rotatable bonds is 5. The van der Waals surface area contributed by atoms with Crippen molar-refractivity contribution in [3.63, 3.8) is 0 Å². The Kier molecular flexibility index (Phi) is 5.27. The van der Waals surface area contributed by atoms with Crippen LogP contribution in [-0.2, 0) is 22.6 Å².